The third-order valence-electron chi connectivity index (χ3n) is 2.22. The van der Waals surface area contributed by atoms with E-state index < -0.39 is 6.10 Å². The van der Waals surface area contributed by atoms with E-state index in [-0.39, 0.29) is 0 Å². The third kappa shape index (κ3) is 1.54. The highest BCUT2D eigenvalue weighted by Gasteiger charge is 2.13. The molecule has 72 valence electrons. The minimum atomic E-state index is -0.628. The Hall–Kier alpha value is -1.61. The van der Waals surface area contributed by atoms with E-state index in [4.69, 9.17) is 4.42 Å². The van der Waals surface area contributed by atoms with Crippen molar-refractivity contribution in [2.75, 3.05) is 0 Å². The fourth-order valence-electron chi connectivity index (χ4n) is 1.40. The van der Waals surface area contributed by atoms with Gasteiger partial charge in [0.1, 0.15) is 6.10 Å². The second-order valence-electron chi connectivity index (χ2n) is 3.19. The molecule has 1 atom stereocenters. The molecule has 0 amide bonds. The molecule has 0 aliphatic heterocycles. The molecule has 3 heteroatoms. The maximum absolute atomic E-state index is 9.97. The van der Waals surface area contributed by atoms with Gasteiger partial charge in [0.2, 0.25) is 0 Å². The molecule has 0 aliphatic rings. The molecule has 1 N–H and O–H groups in total. The number of pyridine rings is 1. The highest BCUT2D eigenvalue weighted by Crippen LogP contribution is 2.23. The fourth-order valence-corrected chi connectivity index (χ4v) is 1.40. The summed E-state index contributed by atoms with van der Waals surface area (Å²) in [6.45, 7) is 1.92. The van der Waals surface area contributed by atoms with E-state index in [9.17, 15) is 5.11 Å². The number of aliphatic hydroxyl groups excluding tert-OH is 1. The number of hydrogen-bond acceptors (Lipinski definition) is 3. The van der Waals surface area contributed by atoms with Crippen molar-refractivity contribution >= 4 is 0 Å². The molecule has 2 heterocycles. The molecule has 0 bridgehead atoms. The van der Waals surface area contributed by atoms with Crippen molar-refractivity contribution in [1.29, 1.82) is 0 Å². The summed E-state index contributed by atoms with van der Waals surface area (Å²) in [6.07, 6.45) is 5.88. The molecule has 0 aromatic carbocycles. The van der Waals surface area contributed by atoms with E-state index in [1.54, 1.807) is 31.0 Å². The molecule has 1 unspecified atom stereocenters. The standard InChI is InChI=1S/C11H11NO2/c1-8-6-12-4-2-10(8)11(13)9-3-5-14-7-9/h2-7,11,13H,1H3. The lowest BCUT2D eigenvalue weighted by atomic mass is 10.0. The molecule has 0 radical (unpaired) electrons. The summed E-state index contributed by atoms with van der Waals surface area (Å²) in [6, 6.07) is 3.57. The van der Waals surface area contributed by atoms with E-state index >= 15 is 0 Å². The Kier molecular flexibility index (Phi) is 2.33. The molecule has 0 spiro atoms. The smallest absolute Gasteiger partial charge is 0.107 e. The van der Waals surface area contributed by atoms with Crippen molar-refractivity contribution in [2.45, 2.75) is 13.0 Å². The Morgan fingerprint density at radius 3 is 2.93 bits per heavy atom. The van der Waals surface area contributed by atoms with E-state index in [1.165, 1.54) is 0 Å². The van der Waals surface area contributed by atoms with Gasteiger partial charge in [-0.05, 0) is 30.2 Å². The van der Waals surface area contributed by atoms with Crippen LogP contribution in [0.25, 0.3) is 0 Å². The molecule has 3 nitrogen and oxygen atoms in total. The second kappa shape index (κ2) is 3.64. The summed E-state index contributed by atoms with van der Waals surface area (Å²) in [4.78, 5) is 3.97. The van der Waals surface area contributed by atoms with Crippen LogP contribution in [-0.4, -0.2) is 10.1 Å². The van der Waals surface area contributed by atoms with Gasteiger partial charge in [0.15, 0.2) is 0 Å². The van der Waals surface area contributed by atoms with E-state index in [2.05, 4.69) is 4.98 Å². The summed E-state index contributed by atoms with van der Waals surface area (Å²) >= 11 is 0. The molecule has 0 saturated heterocycles. The van der Waals surface area contributed by atoms with Gasteiger partial charge in [0.25, 0.3) is 0 Å². The highest BCUT2D eigenvalue weighted by atomic mass is 16.3. The SMILES string of the molecule is Cc1cnccc1C(O)c1ccoc1. The lowest BCUT2D eigenvalue weighted by molar-refractivity contribution is 0.218. The van der Waals surface area contributed by atoms with Crippen LogP contribution in [0.5, 0.6) is 0 Å². The minimum absolute atomic E-state index is 0.628. The van der Waals surface area contributed by atoms with Crippen LogP contribution in [0, 0.1) is 6.92 Å². The summed E-state index contributed by atoms with van der Waals surface area (Å²) < 4.78 is 4.92. The first-order valence-electron chi connectivity index (χ1n) is 4.39. The van der Waals surface area contributed by atoms with Gasteiger partial charge in [0.05, 0.1) is 12.5 Å². The normalized spacial score (nSPS) is 12.7. The number of aliphatic hydroxyl groups is 1. The maximum Gasteiger partial charge on any atom is 0.107 e. The van der Waals surface area contributed by atoms with E-state index in [1.807, 2.05) is 13.0 Å². The molecule has 14 heavy (non-hydrogen) atoms. The molecular formula is C11H11NO2. The number of rotatable bonds is 2. The maximum atomic E-state index is 9.97. The van der Waals surface area contributed by atoms with Gasteiger partial charge in [-0.1, -0.05) is 0 Å². The van der Waals surface area contributed by atoms with Gasteiger partial charge < -0.3 is 9.52 Å². The average Bonchev–Trinajstić information content (AvgIpc) is 2.70. The van der Waals surface area contributed by atoms with Gasteiger partial charge in [-0.25, -0.2) is 0 Å². The summed E-state index contributed by atoms with van der Waals surface area (Å²) in [5.41, 5.74) is 2.60. The zero-order valence-electron chi connectivity index (χ0n) is 7.84. The summed E-state index contributed by atoms with van der Waals surface area (Å²) in [5.74, 6) is 0. The van der Waals surface area contributed by atoms with Gasteiger partial charge >= 0.3 is 0 Å². The Morgan fingerprint density at radius 1 is 1.43 bits per heavy atom. The van der Waals surface area contributed by atoms with Crippen LogP contribution in [0.15, 0.2) is 41.5 Å². The second-order valence-corrected chi connectivity index (χ2v) is 3.19. The van der Waals surface area contributed by atoms with Crippen LogP contribution < -0.4 is 0 Å². The molecule has 0 aliphatic carbocycles. The average molecular weight is 189 g/mol. The van der Waals surface area contributed by atoms with Crippen molar-refractivity contribution in [3.05, 3.63) is 53.7 Å². The number of aromatic nitrogens is 1. The molecule has 2 rings (SSSR count). The zero-order chi connectivity index (χ0) is 9.97. The van der Waals surface area contributed by atoms with Crippen LogP contribution in [0.1, 0.15) is 22.8 Å². The van der Waals surface area contributed by atoms with Crippen LogP contribution in [0.4, 0.5) is 0 Å². The number of aryl methyl sites for hydroxylation is 1. The minimum Gasteiger partial charge on any atom is -0.472 e. The number of furan rings is 1. The molecule has 2 aromatic heterocycles. The Morgan fingerprint density at radius 2 is 2.29 bits per heavy atom. The topological polar surface area (TPSA) is 46.3 Å². The highest BCUT2D eigenvalue weighted by molar-refractivity contribution is 5.31. The van der Waals surface area contributed by atoms with E-state index in [0.29, 0.717) is 0 Å². The third-order valence-corrected chi connectivity index (χ3v) is 2.22. The molecule has 0 saturated carbocycles. The predicted octanol–water partition coefficient (Wildman–Crippen LogP) is 2.06. The van der Waals surface area contributed by atoms with Gasteiger partial charge in [-0.3, -0.25) is 4.98 Å². The molecule has 2 aromatic rings. The Bertz CT molecular complexity index is 409. The Balaban J connectivity index is 2.37. The first kappa shape index (κ1) is 8.97. The monoisotopic (exact) mass is 189 g/mol. The Labute approximate surface area is 82.0 Å². The molecular weight excluding hydrogens is 178 g/mol. The van der Waals surface area contributed by atoms with Gasteiger partial charge in [-0.2, -0.15) is 0 Å². The lowest BCUT2D eigenvalue weighted by Crippen LogP contribution is -2.00. The predicted molar refractivity (Wildman–Crippen MR) is 51.7 cm³/mol. The van der Waals surface area contributed by atoms with Crippen molar-refractivity contribution < 1.29 is 9.52 Å². The first-order chi connectivity index (χ1) is 6.79. The van der Waals surface area contributed by atoms with Crippen molar-refractivity contribution in [3.63, 3.8) is 0 Å². The van der Waals surface area contributed by atoms with Crippen LogP contribution in [-0.2, 0) is 0 Å². The van der Waals surface area contributed by atoms with Gasteiger partial charge in [0, 0.05) is 18.0 Å². The zero-order valence-corrected chi connectivity index (χ0v) is 7.84. The van der Waals surface area contributed by atoms with Crippen LogP contribution in [0.2, 0.25) is 0 Å². The quantitative estimate of drug-likeness (QED) is 0.786. The van der Waals surface area contributed by atoms with Crippen molar-refractivity contribution in [3.8, 4) is 0 Å². The first-order valence-corrected chi connectivity index (χ1v) is 4.39. The largest absolute Gasteiger partial charge is 0.472 e. The lowest BCUT2D eigenvalue weighted by Gasteiger charge is -2.10. The molecule has 0 fully saturated rings. The van der Waals surface area contributed by atoms with Gasteiger partial charge in [-0.15, -0.1) is 0 Å². The van der Waals surface area contributed by atoms with Crippen molar-refractivity contribution in [2.24, 2.45) is 0 Å². The van der Waals surface area contributed by atoms with Crippen LogP contribution in [0.3, 0.4) is 0 Å². The van der Waals surface area contributed by atoms with Crippen molar-refractivity contribution in [1.82, 2.24) is 4.98 Å². The fraction of sp³-hybridized carbons (Fsp3) is 0.182. The summed E-state index contributed by atoms with van der Waals surface area (Å²) in [7, 11) is 0. The number of hydrogen-bond donors (Lipinski definition) is 1. The van der Waals surface area contributed by atoms with Crippen LogP contribution >= 0.6 is 0 Å². The van der Waals surface area contributed by atoms with E-state index in [0.717, 1.165) is 16.7 Å². The number of nitrogens with zero attached hydrogens (tertiary/aromatic N) is 1. The summed E-state index contributed by atoms with van der Waals surface area (Å²) in [5, 5.41) is 9.97.